The van der Waals surface area contributed by atoms with Crippen LogP contribution >= 0.6 is 11.6 Å². The molecule has 0 saturated carbocycles. The lowest BCUT2D eigenvalue weighted by molar-refractivity contribution is -0.117. The zero-order valence-corrected chi connectivity index (χ0v) is 14.4. The molecule has 2 aromatic rings. The van der Waals surface area contributed by atoms with E-state index in [1.165, 1.54) is 12.4 Å². The third kappa shape index (κ3) is 5.83. The summed E-state index contributed by atoms with van der Waals surface area (Å²) in [5.41, 5.74) is 1.02. The van der Waals surface area contributed by atoms with Crippen molar-refractivity contribution >= 4 is 23.3 Å². The number of rotatable bonds is 7. The van der Waals surface area contributed by atoms with E-state index in [1.54, 1.807) is 19.2 Å². The van der Waals surface area contributed by atoms with Crippen LogP contribution in [0.3, 0.4) is 0 Å². The maximum atomic E-state index is 12.0. The number of carbonyl (C=O) groups is 1. The molecule has 0 aliphatic rings. The van der Waals surface area contributed by atoms with Gasteiger partial charge in [0.15, 0.2) is 0 Å². The molecule has 2 rings (SSSR count). The molecule has 0 bridgehead atoms. The molecule has 0 atom stereocenters. The lowest BCUT2D eigenvalue weighted by atomic mass is 10.1. The van der Waals surface area contributed by atoms with Crippen LogP contribution in [0, 0.1) is 11.3 Å². The summed E-state index contributed by atoms with van der Waals surface area (Å²) in [6, 6.07) is 12.7. The molecule has 7 heteroatoms. The van der Waals surface area contributed by atoms with E-state index in [-0.39, 0.29) is 5.57 Å². The van der Waals surface area contributed by atoms with Gasteiger partial charge in [0.2, 0.25) is 0 Å². The number of nitrogens with one attached hydrogen (secondary N) is 2. The first kappa shape index (κ1) is 18.3. The van der Waals surface area contributed by atoms with E-state index >= 15 is 0 Å². The fourth-order valence-corrected chi connectivity index (χ4v) is 2.15. The lowest BCUT2D eigenvalue weighted by Crippen LogP contribution is -2.27. The Hall–Kier alpha value is -3.04. The molecule has 0 aliphatic carbocycles. The van der Waals surface area contributed by atoms with E-state index in [0.29, 0.717) is 23.8 Å². The number of aromatic nitrogens is 1. The van der Waals surface area contributed by atoms with Crippen molar-refractivity contribution in [2.45, 2.75) is 6.42 Å². The highest BCUT2D eigenvalue weighted by molar-refractivity contribution is 6.30. The van der Waals surface area contributed by atoms with E-state index in [1.807, 2.05) is 30.3 Å². The number of amides is 1. The smallest absolute Gasteiger partial charge is 0.263 e. The minimum Gasteiger partial charge on any atom is -0.497 e. The molecular weight excluding hydrogens is 340 g/mol. The minimum atomic E-state index is -0.453. The molecule has 0 unspecified atom stereocenters. The molecule has 25 heavy (non-hydrogen) atoms. The van der Waals surface area contributed by atoms with Gasteiger partial charge in [0.1, 0.15) is 23.2 Å². The Bertz CT molecular complexity index is 797. The number of benzene rings is 1. The average molecular weight is 357 g/mol. The van der Waals surface area contributed by atoms with Crippen LogP contribution in [0.15, 0.2) is 54.4 Å². The van der Waals surface area contributed by atoms with Crippen LogP contribution in [0.5, 0.6) is 5.75 Å². The van der Waals surface area contributed by atoms with Crippen LogP contribution in [0.4, 0.5) is 5.82 Å². The quantitative estimate of drug-likeness (QED) is 0.588. The third-order valence-corrected chi connectivity index (χ3v) is 3.54. The number of pyridine rings is 1. The van der Waals surface area contributed by atoms with E-state index < -0.39 is 5.91 Å². The number of hydrogen-bond donors (Lipinski definition) is 2. The molecule has 1 aromatic carbocycles. The van der Waals surface area contributed by atoms with Crippen LogP contribution in [-0.4, -0.2) is 24.5 Å². The van der Waals surface area contributed by atoms with Crippen LogP contribution in [0.2, 0.25) is 5.02 Å². The first-order valence-electron chi connectivity index (χ1n) is 7.52. The fourth-order valence-electron chi connectivity index (χ4n) is 1.99. The summed E-state index contributed by atoms with van der Waals surface area (Å²) in [7, 11) is 1.61. The van der Waals surface area contributed by atoms with Gasteiger partial charge in [0.25, 0.3) is 5.91 Å². The number of methoxy groups -OCH3 is 1. The highest BCUT2D eigenvalue weighted by Crippen LogP contribution is 2.12. The molecule has 1 amide bonds. The maximum absolute atomic E-state index is 12.0. The van der Waals surface area contributed by atoms with Crippen molar-refractivity contribution in [2.75, 3.05) is 19.0 Å². The van der Waals surface area contributed by atoms with Gasteiger partial charge in [0.05, 0.1) is 7.11 Å². The molecule has 0 spiro atoms. The maximum Gasteiger partial charge on any atom is 0.263 e. The third-order valence-electron chi connectivity index (χ3n) is 3.31. The van der Waals surface area contributed by atoms with Gasteiger partial charge in [-0.2, -0.15) is 5.26 Å². The molecule has 0 fully saturated rings. The molecule has 0 saturated heterocycles. The number of ether oxygens (including phenoxy) is 1. The second-order valence-electron chi connectivity index (χ2n) is 5.03. The monoisotopic (exact) mass is 356 g/mol. The van der Waals surface area contributed by atoms with Gasteiger partial charge in [-0.05, 0) is 36.2 Å². The van der Waals surface area contributed by atoms with Gasteiger partial charge in [-0.25, -0.2) is 4.98 Å². The van der Waals surface area contributed by atoms with Gasteiger partial charge >= 0.3 is 0 Å². The van der Waals surface area contributed by atoms with E-state index in [9.17, 15) is 4.79 Å². The van der Waals surface area contributed by atoms with Gasteiger partial charge < -0.3 is 15.4 Å². The summed E-state index contributed by atoms with van der Waals surface area (Å²) in [5, 5.41) is 15.1. The number of carbonyl (C=O) groups excluding carboxylic acids is 1. The highest BCUT2D eigenvalue weighted by atomic mass is 35.5. The second-order valence-corrected chi connectivity index (χ2v) is 5.46. The second kappa shape index (κ2) is 9.30. The summed E-state index contributed by atoms with van der Waals surface area (Å²) in [6.45, 7) is 0.416. The first-order chi connectivity index (χ1) is 12.1. The molecule has 0 aliphatic heterocycles. The van der Waals surface area contributed by atoms with Crippen molar-refractivity contribution < 1.29 is 9.53 Å². The van der Waals surface area contributed by atoms with Crippen molar-refractivity contribution in [1.29, 1.82) is 5.26 Å². The highest BCUT2D eigenvalue weighted by Gasteiger charge is 2.08. The Morgan fingerprint density at radius 2 is 2.12 bits per heavy atom. The molecule has 2 N–H and O–H groups in total. The summed E-state index contributed by atoms with van der Waals surface area (Å²) >= 11 is 5.85. The molecule has 0 radical (unpaired) electrons. The Morgan fingerprint density at radius 3 is 2.76 bits per heavy atom. The van der Waals surface area contributed by atoms with E-state index in [0.717, 1.165) is 11.3 Å². The van der Waals surface area contributed by atoms with Gasteiger partial charge in [0, 0.05) is 24.0 Å². The van der Waals surface area contributed by atoms with Gasteiger partial charge in [-0.15, -0.1) is 0 Å². The first-order valence-corrected chi connectivity index (χ1v) is 7.89. The van der Waals surface area contributed by atoms with Crippen LogP contribution < -0.4 is 15.4 Å². The lowest BCUT2D eigenvalue weighted by Gasteiger charge is -2.06. The van der Waals surface area contributed by atoms with Crippen molar-refractivity contribution in [3.05, 3.63) is 65.0 Å². The number of halogens is 1. The van der Waals surface area contributed by atoms with Crippen LogP contribution in [0.1, 0.15) is 5.56 Å². The van der Waals surface area contributed by atoms with Crippen molar-refractivity contribution in [3.8, 4) is 11.8 Å². The zero-order chi connectivity index (χ0) is 18.1. The normalized spacial score (nSPS) is 10.7. The molecule has 1 aromatic heterocycles. The van der Waals surface area contributed by atoms with Crippen molar-refractivity contribution in [1.82, 2.24) is 10.3 Å². The Balaban J connectivity index is 1.86. The molecule has 6 nitrogen and oxygen atoms in total. The number of nitrogens with zero attached hydrogens (tertiary/aromatic N) is 2. The topological polar surface area (TPSA) is 87.0 Å². The summed E-state index contributed by atoms with van der Waals surface area (Å²) in [4.78, 5) is 16.1. The van der Waals surface area contributed by atoms with Gasteiger partial charge in [-0.1, -0.05) is 23.7 Å². The fraction of sp³-hybridized carbons (Fsp3) is 0.167. The average Bonchev–Trinajstić information content (AvgIpc) is 2.63. The SMILES string of the molecule is COc1ccc(CCNC(=O)/C(C#N)=C\Nc2cc(Cl)ccn2)cc1. The summed E-state index contributed by atoms with van der Waals surface area (Å²) in [5.74, 6) is 0.778. The molecule has 1 heterocycles. The number of nitriles is 1. The molecule has 128 valence electrons. The predicted molar refractivity (Wildman–Crippen MR) is 96.3 cm³/mol. The van der Waals surface area contributed by atoms with Gasteiger partial charge in [-0.3, -0.25) is 4.79 Å². The Kier molecular flexibility index (Phi) is 6.81. The van der Waals surface area contributed by atoms with E-state index in [4.69, 9.17) is 21.6 Å². The van der Waals surface area contributed by atoms with Crippen molar-refractivity contribution in [3.63, 3.8) is 0 Å². The zero-order valence-electron chi connectivity index (χ0n) is 13.6. The Morgan fingerprint density at radius 1 is 1.36 bits per heavy atom. The summed E-state index contributed by atoms with van der Waals surface area (Å²) < 4.78 is 5.10. The van der Waals surface area contributed by atoms with E-state index in [2.05, 4.69) is 15.6 Å². The minimum absolute atomic E-state index is 0.0449. The van der Waals surface area contributed by atoms with Crippen molar-refractivity contribution in [2.24, 2.45) is 0 Å². The number of hydrogen-bond acceptors (Lipinski definition) is 5. The van der Waals surface area contributed by atoms with Crippen LogP contribution in [0.25, 0.3) is 0 Å². The summed E-state index contributed by atoms with van der Waals surface area (Å²) in [6.07, 6.45) is 3.48. The largest absolute Gasteiger partial charge is 0.497 e. The molecular formula is C18H17ClN4O2. The standard InChI is InChI=1S/C18H17ClN4O2/c1-25-16-4-2-13(3-5-16)6-8-22-18(24)14(11-20)12-23-17-10-15(19)7-9-21-17/h2-5,7,9-10,12H,6,8H2,1H3,(H,21,23)(H,22,24)/b14-12-. The predicted octanol–water partition coefficient (Wildman–Crippen LogP) is 2.92. The number of anilines is 1. The van der Waals surface area contributed by atoms with Crippen LogP contribution in [-0.2, 0) is 11.2 Å². The Labute approximate surface area is 151 Å².